The zero-order valence-corrected chi connectivity index (χ0v) is 26.5. The third-order valence-electron chi connectivity index (χ3n) is 10.0. The zero-order chi connectivity index (χ0) is 31.0. The topological polar surface area (TPSA) is 23.4 Å². The molecule has 10 rings (SSSR count). The highest BCUT2D eigenvalue weighted by atomic mass is 28.3. The Kier molecular flexibility index (Phi) is 5.69. The maximum Gasteiger partial charge on any atom is 0.261 e. The Labute approximate surface area is 274 Å². The summed E-state index contributed by atoms with van der Waals surface area (Å²) < 4.78 is 16.5. The molecule has 2 aliphatic heterocycles. The summed E-state index contributed by atoms with van der Waals surface area (Å²) in [6, 6.07) is 61.3. The summed E-state index contributed by atoms with van der Waals surface area (Å²) in [6.07, 6.45) is 0. The predicted octanol–water partition coefficient (Wildman–Crippen LogP) is 6.04. The number of aromatic nitrogens is 1. The number of hydrogen-bond acceptors (Lipinski definition) is 2. The van der Waals surface area contributed by atoms with Crippen molar-refractivity contribution in [3.8, 4) is 23.0 Å². The predicted molar refractivity (Wildman–Crippen MR) is 197 cm³/mol. The summed E-state index contributed by atoms with van der Waals surface area (Å²) in [7, 11) is -3.17. The molecule has 3 heterocycles. The lowest BCUT2D eigenvalue weighted by Crippen LogP contribution is -2.73. The summed E-state index contributed by atoms with van der Waals surface area (Å²) in [4.78, 5) is 0. The lowest BCUT2D eigenvalue weighted by atomic mass is 9.35. The van der Waals surface area contributed by atoms with Gasteiger partial charge < -0.3 is 13.7 Å². The highest BCUT2D eigenvalue weighted by Gasteiger charge is 2.50. The molecule has 0 unspecified atom stereocenters. The maximum absolute atomic E-state index is 7.18. The van der Waals surface area contributed by atoms with Gasteiger partial charge in [-0.2, -0.15) is 0 Å². The molecule has 0 radical (unpaired) electrons. The third-order valence-corrected chi connectivity index (χ3v) is 14.7. The van der Waals surface area contributed by atoms with Gasteiger partial charge in [0.15, 0.2) is 0 Å². The Bertz CT molecular complexity index is 2390. The van der Waals surface area contributed by atoms with Gasteiger partial charge in [0.05, 0.1) is 0 Å². The second-order valence-corrected chi connectivity index (χ2v) is 15.9. The van der Waals surface area contributed by atoms with E-state index in [1.165, 1.54) is 37.4 Å². The van der Waals surface area contributed by atoms with Crippen molar-refractivity contribution in [3.05, 3.63) is 170 Å². The van der Waals surface area contributed by atoms with Gasteiger partial charge in [-0.15, -0.1) is 0 Å². The second-order valence-electron chi connectivity index (χ2n) is 12.4. The van der Waals surface area contributed by atoms with Gasteiger partial charge in [0.1, 0.15) is 23.0 Å². The number of fused-ring (bicyclic) bond motifs is 7. The van der Waals surface area contributed by atoms with Crippen molar-refractivity contribution in [1.29, 1.82) is 0 Å². The average molecular weight is 618 g/mol. The van der Waals surface area contributed by atoms with E-state index in [4.69, 9.17) is 9.47 Å². The lowest BCUT2D eigenvalue weighted by Gasteiger charge is -2.40. The fourth-order valence-electron chi connectivity index (χ4n) is 8.17. The minimum absolute atomic E-state index is 0.00810. The van der Waals surface area contributed by atoms with E-state index in [0.29, 0.717) is 0 Å². The monoisotopic (exact) mass is 617 g/mol. The van der Waals surface area contributed by atoms with Crippen molar-refractivity contribution in [2.75, 3.05) is 0 Å². The molecule has 7 aromatic carbocycles. The quantitative estimate of drug-likeness (QED) is 0.178. The van der Waals surface area contributed by atoms with Crippen LogP contribution in [0.3, 0.4) is 0 Å². The number of para-hydroxylation sites is 4. The van der Waals surface area contributed by atoms with Crippen molar-refractivity contribution >= 4 is 68.7 Å². The Hall–Kier alpha value is -5.78. The zero-order valence-electron chi connectivity index (χ0n) is 25.5. The molecule has 0 amide bonds. The van der Waals surface area contributed by atoms with Crippen LogP contribution in [0.1, 0.15) is 0 Å². The van der Waals surface area contributed by atoms with Crippen LogP contribution in [-0.4, -0.2) is 19.2 Å². The molecule has 0 aliphatic carbocycles. The number of rotatable bonds is 4. The average Bonchev–Trinajstić information content (AvgIpc) is 3.48. The first-order chi connectivity index (χ1) is 23.3. The van der Waals surface area contributed by atoms with Crippen LogP contribution in [0.25, 0.3) is 21.8 Å². The van der Waals surface area contributed by atoms with Gasteiger partial charge in [0.2, 0.25) is 0 Å². The van der Waals surface area contributed by atoms with E-state index >= 15 is 0 Å². The van der Waals surface area contributed by atoms with Crippen LogP contribution >= 0.6 is 0 Å². The van der Waals surface area contributed by atoms with E-state index in [9.17, 15) is 0 Å². The number of benzene rings is 7. The van der Waals surface area contributed by atoms with Crippen LogP contribution in [0.2, 0.25) is 0 Å². The lowest BCUT2D eigenvalue weighted by molar-refractivity contribution is 0.466. The Morgan fingerprint density at radius 3 is 1.51 bits per heavy atom. The van der Waals surface area contributed by atoms with Gasteiger partial charge in [-0.25, -0.2) is 0 Å². The van der Waals surface area contributed by atoms with E-state index in [-0.39, 0.29) is 6.71 Å². The number of hydrogen-bond donors (Lipinski definition) is 0. The first-order valence-corrected chi connectivity index (χ1v) is 18.1. The molecule has 5 heteroatoms. The maximum atomic E-state index is 7.18. The Balaban J connectivity index is 1.41. The fourth-order valence-corrected chi connectivity index (χ4v) is 13.2. The van der Waals surface area contributed by atoms with Crippen LogP contribution in [0.15, 0.2) is 170 Å². The van der Waals surface area contributed by atoms with Crippen LogP contribution in [0.5, 0.6) is 23.0 Å². The smallest absolute Gasteiger partial charge is 0.261 e. The molecule has 2 aliphatic rings. The normalized spacial score (nSPS) is 13.0. The minimum atomic E-state index is -3.17. The SMILES string of the molecule is c1ccc([Si](c2ccccc2)(c2ccc3c4c2Oc2ccccc2B4c2ccccc2O3)n2c3ccccc3c3ccccc32)cc1. The van der Waals surface area contributed by atoms with Crippen LogP contribution in [0.4, 0.5) is 0 Å². The van der Waals surface area contributed by atoms with Crippen LogP contribution in [0, 0.1) is 0 Å². The van der Waals surface area contributed by atoms with Crippen molar-refractivity contribution in [3.63, 3.8) is 0 Å². The summed E-state index contributed by atoms with van der Waals surface area (Å²) in [5, 5.41) is 6.26. The molecule has 3 nitrogen and oxygen atoms in total. The van der Waals surface area contributed by atoms with Crippen molar-refractivity contribution in [2.45, 2.75) is 0 Å². The van der Waals surface area contributed by atoms with Gasteiger partial charge in [-0.05, 0) is 51.6 Å². The molecule has 0 N–H and O–H groups in total. The highest BCUT2D eigenvalue weighted by Crippen LogP contribution is 2.37. The van der Waals surface area contributed by atoms with Crippen molar-refractivity contribution in [2.24, 2.45) is 0 Å². The largest absolute Gasteiger partial charge is 0.458 e. The molecular formula is C42H28BNO2Si. The van der Waals surface area contributed by atoms with Gasteiger partial charge in [0.25, 0.3) is 14.9 Å². The second kappa shape index (κ2) is 10.1. The van der Waals surface area contributed by atoms with Gasteiger partial charge in [-0.1, -0.05) is 140 Å². The Morgan fingerprint density at radius 2 is 0.915 bits per heavy atom. The van der Waals surface area contributed by atoms with Crippen molar-refractivity contribution in [1.82, 2.24) is 4.23 Å². The van der Waals surface area contributed by atoms with E-state index in [0.717, 1.165) is 39.4 Å². The molecule has 220 valence electrons. The third kappa shape index (κ3) is 3.63. The van der Waals surface area contributed by atoms with E-state index in [1.807, 2.05) is 0 Å². The van der Waals surface area contributed by atoms with E-state index in [1.54, 1.807) is 0 Å². The molecule has 1 aromatic heterocycles. The molecule has 47 heavy (non-hydrogen) atoms. The van der Waals surface area contributed by atoms with Crippen LogP contribution < -0.4 is 41.4 Å². The summed E-state index contributed by atoms with van der Waals surface area (Å²) in [6.45, 7) is -0.00810. The molecule has 0 saturated carbocycles. The number of nitrogens with zero attached hydrogens (tertiary/aromatic N) is 1. The molecule has 8 aromatic rings. The summed E-state index contributed by atoms with van der Waals surface area (Å²) in [5.74, 6) is 3.55. The molecule has 0 saturated heterocycles. The first kappa shape index (κ1) is 26.4. The minimum Gasteiger partial charge on any atom is -0.458 e. The molecule has 0 spiro atoms. The van der Waals surface area contributed by atoms with Crippen LogP contribution in [-0.2, 0) is 0 Å². The summed E-state index contributed by atoms with van der Waals surface area (Å²) in [5.41, 5.74) is 5.86. The molecule has 0 atom stereocenters. The fraction of sp³-hybridized carbons (Fsp3) is 0. The van der Waals surface area contributed by atoms with Gasteiger partial charge >= 0.3 is 0 Å². The van der Waals surface area contributed by atoms with E-state index < -0.39 is 8.24 Å². The molecular weight excluding hydrogens is 589 g/mol. The first-order valence-electron chi connectivity index (χ1n) is 16.1. The molecule has 0 fully saturated rings. The molecule has 0 bridgehead atoms. The summed E-state index contributed by atoms with van der Waals surface area (Å²) >= 11 is 0. The van der Waals surface area contributed by atoms with Gasteiger partial charge in [0, 0.05) is 32.5 Å². The highest BCUT2D eigenvalue weighted by molar-refractivity contribution is 7.12. The Morgan fingerprint density at radius 1 is 0.426 bits per heavy atom. The standard InChI is InChI=1S/C42H28BNO2Si/c1-3-15-29(16-4-1)47(30-17-5-2-6-18-30,44-35-23-11-7-19-31(35)32-20-8-12-24-36(32)44)40-28-27-39-41-42(40)46-38-26-14-10-22-34(38)43(41)33-21-9-13-25-37(33)45-39/h1-28H. The van der Waals surface area contributed by atoms with Gasteiger partial charge in [-0.3, -0.25) is 0 Å². The number of ether oxygens (including phenoxy) is 2. The van der Waals surface area contributed by atoms with Crippen molar-refractivity contribution < 1.29 is 9.47 Å². The van der Waals surface area contributed by atoms with E-state index in [2.05, 4.69) is 174 Å².